The summed E-state index contributed by atoms with van der Waals surface area (Å²) in [6, 6.07) is 24.2. The Morgan fingerprint density at radius 2 is 1.89 bits per heavy atom. The molecule has 9 heteroatoms. The highest BCUT2D eigenvalue weighted by Crippen LogP contribution is 2.43. The molecule has 0 bridgehead atoms. The number of rotatable bonds is 7. The van der Waals surface area contributed by atoms with Gasteiger partial charge in [-0.05, 0) is 85.0 Å². The molecule has 0 unspecified atom stereocenters. The summed E-state index contributed by atoms with van der Waals surface area (Å²) in [6.07, 6.45) is 1.76. The molecule has 1 saturated heterocycles. The van der Waals surface area contributed by atoms with Crippen LogP contribution in [0.3, 0.4) is 0 Å². The van der Waals surface area contributed by atoms with Crippen molar-refractivity contribution in [1.82, 2.24) is 10.3 Å². The van der Waals surface area contributed by atoms with Crippen LogP contribution in [0.25, 0.3) is 11.3 Å². The number of benzene rings is 2. The van der Waals surface area contributed by atoms with E-state index < -0.39 is 0 Å². The lowest BCUT2D eigenvalue weighted by Crippen LogP contribution is -2.29. The van der Waals surface area contributed by atoms with Gasteiger partial charge >= 0.3 is 0 Å². The van der Waals surface area contributed by atoms with Crippen LogP contribution in [0.2, 0.25) is 5.02 Å². The van der Waals surface area contributed by atoms with Crippen molar-refractivity contribution in [2.24, 2.45) is 0 Å². The third-order valence-electron chi connectivity index (χ3n) is 5.85. The van der Waals surface area contributed by atoms with Gasteiger partial charge in [0.15, 0.2) is 5.11 Å². The number of ether oxygens (including phenoxy) is 1. The van der Waals surface area contributed by atoms with Crippen molar-refractivity contribution < 1.29 is 13.9 Å². The van der Waals surface area contributed by atoms with Crippen molar-refractivity contribution in [3.8, 4) is 11.3 Å². The van der Waals surface area contributed by atoms with Crippen molar-refractivity contribution in [2.45, 2.75) is 12.1 Å². The van der Waals surface area contributed by atoms with E-state index in [2.05, 4.69) is 15.6 Å². The molecule has 0 radical (unpaired) electrons. The zero-order chi connectivity index (χ0) is 25.1. The fourth-order valence-electron chi connectivity index (χ4n) is 4.24. The molecule has 2 atom stereocenters. The summed E-state index contributed by atoms with van der Waals surface area (Å²) in [7, 11) is 1.48. The van der Waals surface area contributed by atoms with Crippen molar-refractivity contribution >= 4 is 46.2 Å². The molecular formula is C27H23ClN4O3S. The minimum Gasteiger partial charge on any atom is -0.459 e. The molecule has 2 aromatic heterocycles. The van der Waals surface area contributed by atoms with Gasteiger partial charge in [0.05, 0.1) is 11.7 Å². The van der Waals surface area contributed by atoms with Crippen LogP contribution < -0.4 is 15.5 Å². The normalized spacial score (nSPS) is 17.2. The predicted molar refractivity (Wildman–Crippen MR) is 144 cm³/mol. The molecule has 0 aliphatic carbocycles. The molecule has 7 nitrogen and oxygen atoms in total. The predicted octanol–water partition coefficient (Wildman–Crippen LogP) is 5.76. The van der Waals surface area contributed by atoms with Crippen LogP contribution in [0.15, 0.2) is 89.5 Å². The molecule has 0 saturated carbocycles. The van der Waals surface area contributed by atoms with Crippen molar-refractivity contribution in [3.63, 3.8) is 0 Å². The first-order valence-corrected chi connectivity index (χ1v) is 12.1. The quantitative estimate of drug-likeness (QED) is 0.301. The first-order chi connectivity index (χ1) is 17.5. The Bertz CT molecular complexity index is 1360. The van der Waals surface area contributed by atoms with E-state index in [1.807, 2.05) is 83.8 Å². The molecule has 1 amide bonds. The fraction of sp³-hybridized carbons (Fsp3) is 0.148. The van der Waals surface area contributed by atoms with Gasteiger partial charge in [0.25, 0.3) is 0 Å². The average Bonchev–Trinajstić information content (AvgIpc) is 3.50. The number of hydrogen-bond acceptors (Lipinski definition) is 5. The summed E-state index contributed by atoms with van der Waals surface area (Å²) in [4.78, 5) is 18.5. The number of halogens is 1. The maximum Gasteiger partial charge on any atom is 0.250 e. The third-order valence-corrected chi connectivity index (χ3v) is 6.42. The van der Waals surface area contributed by atoms with Gasteiger partial charge in [0.2, 0.25) is 5.91 Å². The maximum atomic E-state index is 11.9. The van der Waals surface area contributed by atoms with Gasteiger partial charge in [-0.3, -0.25) is 9.78 Å². The molecule has 36 heavy (non-hydrogen) atoms. The second-order valence-electron chi connectivity index (χ2n) is 8.23. The number of methoxy groups -OCH3 is 1. The summed E-state index contributed by atoms with van der Waals surface area (Å²) >= 11 is 11.8. The lowest BCUT2D eigenvalue weighted by molar-refractivity contribution is -0.119. The zero-order valence-corrected chi connectivity index (χ0v) is 20.9. The van der Waals surface area contributed by atoms with Gasteiger partial charge < -0.3 is 24.7 Å². The number of amides is 1. The van der Waals surface area contributed by atoms with Crippen LogP contribution >= 0.6 is 23.8 Å². The molecule has 1 fully saturated rings. The number of hydrogen-bond donors (Lipinski definition) is 2. The number of pyridine rings is 1. The second-order valence-corrected chi connectivity index (χ2v) is 9.06. The smallest absolute Gasteiger partial charge is 0.250 e. The fourth-order valence-corrected chi connectivity index (χ4v) is 4.71. The van der Waals surface area contributed by atoms with Crippen molar-refractivity contribution in [2.75, 3.05) is 23.9 Å². The van der Waals surface area contributed by atoms with E-state index in [1.54, 1.807) is 6.20 Å². The molecule has 0 spiro atoms. The molecule has 2 aromatic carbocycles. The van der Waals surface area contributed by atoms with Crippen molar-refractivity contribution in [1.29, 1.82) is 0 Å². The Morgan fingerprint density at radius 3 is 2.58 bits per heavy atom. The van der Waals surface area contributed by atoms with Crippen molar-refractivity contribution in [3.05, 3.63) is 102 Å². The van der Waals surface area contributed by atoms with Gasteiger partial charge in [-0.2, -0.15) is 0 Å². The summed E-state index contributed by atoms with van der Waals surface area (Å²) in [6.45, 7) is -0.00976. The number of nitrogens with one attached hydrogen (secondary N) is 2. The van der Waals surface area contributed by atoms with Gasteiger partial charge in [0.1, 0.15) is 24.2 Å². The highest BCUT2D eigenvalue weighted by Gasteiger charge is 2.42. The summed E-state index contributed by atoms with van der Waals surface area (Å²) in [5.41, 5.74) is 3.29. The number of carbonyl (C=O) groups is 1. The molecule has 1 aliphatic rings. The monoisotopic (exact) mass is 518 g/mol. The Labute approximate surface area is 219 Å². The number of thiocarbonyl (C=S) groups is 1. The van der Waals surface area contributed by atoms with Crippen LogP contribution in [0.4, 0.5) is 11.4 Å². The number of aromatic nitrogens is 1. The number of anilines is 2. The van der Waals surface area contributed by atoms with E-state index in [4.69, 9.17) is 33.0 Å². The molecule has 1 aliphatic heterocycles. The average molecular weight is 519 g/mol. The van der Waals surface area contributed by atoms with E-state index in [1.165, 1.54) is 7.11 Å². The summed E-state index contributed by atoms with van der Waals surface area (Å²) < 4.78 is 11.2. The van der Waals surface area contributed by atoms with E-state index in [-0.39, 0.29) is 24.6 Å². The minimum absolute atomic E-state index is 0.00976. The van der Waals surface area contributed by atoms with Gasteiger partial charge in [-0.15, -0.1) is 0 Å². The van der Waals surface area contributed by atoms with E-state index in [9.17, 15) is 4.79 Å². The molecular weight excluding hydrogens is 496 g/mol. The highest BCUT2D eigenvalue weighted by atomic mass is 35.5. The number of furan rings is 1. The zero-order valence-electron chi connectivity index (χ0n) is 19.4. The molecule has 182 valence electrons. The third kappa shape index (κ3) is 4.97. The molecule has 2 N–H and O–H groups in total. The Morgan fingerprint density at radius 1 is 1.11 bits per heavy atom. The van der Waals surface area contributed by atoms with Gasteiger partial charge in [0, 0.05) is 35.3 Å². The standard InChI is InChI=1S/C27H23ClN4O3S/c1-34-16-24(33)30-19-9-11-20(12-10-19)32-26(25(31-27(32)36)21-4-2-3-15-29-21)23-14-13-22(35-23)17-5-7-18(28)8-6-17/h2-15,25-26H,16H2,1H3,(H,30,33)(H,31,36)/t25-,26-/m1/s1. The Balaban J connectivity index is 1.50. The topological polar surface area (TPSA) is 79.6 Å². The molecule has 5 rings (SSSR count). The van der Waals surface area contributed by atoms with Crippen LogP contribution in [0.5, 0.6) is 0 Å². The van der Waals surface area contributed by atoms with Crippen LogP contribution in [0, 0.1) is 0 Å². The number of nitrogens with zero attached hydrogens (tertiary/aromatic N) is 2. The summed E-state index contributed by atoms with van der Waals surface area (Å²) in [5.74, 6) is 1.25. The van der Waals surface area contributed by atoms with E-state index >= 15 is 0 Å². The van der Waals surface area contributed by atoms with Crippen LogP contribution in [-0.2, 0) is 9.53 Å². The van der Waals surface area contributed by atoms with Gasteiger partial charge in [-0.25, -0.2) is 0 Å². The van der Waals surface area contributed by atoms with E-state index in [0.29, 0.717) is 15.8 Å². The maximum absolute atomic E-state index is 11.9. The Hall–Kier alpha value is -3.72. The SMILES string of the molecule is COCC(=O)Nc1ccc(N2C(=S)N[C@H](c3ccccn3)[C@H]2c2ccc(-c3ccc(Cl)cc3)o2)cc1. The lowest BCUT2D eigenvalue weighted by atomic mass is 10.0. The summed E-state index contributed by atoms with van der Waals surface area (Å²) in [5, 5.41) is 7.44. The van der Waals surface area contributed by atoms with E-state index in [0.717, 1.165) is 28.5 Å². The highest BCUT2D eigenvalue weighted by molar-refractivity contribution is 7.80. The van der Waals surface area contributed by atoms with Crippen LogP contribution in [-0.4, -0.2) is 29.7 Å². The number of carbonyl (C=O) groups excluding carboxylic acids is 1. The molecule has 3 heterocycles. The second kappa shape index (κ2) is 10.5. The Kier molecular flexibility index (Phi) is 6.99. The van der Waals surface area contributed by atoms with Crippen LogP contribution in [0.1, 0.15) is 23.5 Å². The minimum atomic E-state index is -0.289. The van der Waals surface area contributed by atoms with Gasteiger partial charge in [-0.1, -0.05) is 17.7 Å². The first-order valence-electron chi connectivity index (χ1n) is 11.3. The lowest BCUT2D eigenvalue weighted by Gasteiger charge is -2.26. The molecule has 4 aromatic rings. The first kappa shape index (κ1) is 24.0. The largest absolute Gasteiger partial charge is 0.459 e.